The lowest BCUT2D eigenvalue weighted by Crippen LogP contribution is -2.50. The van der Waals surface area contributed by atoms with Crippen LogP contribution in [0.3, 0.4) is 0 Å². The predicted molar refractivity (Wildman–Crippen MR) is 86.5 cm³/mol. The Hall–Kier alpha value is -0.250. The van der Waals surface area contributed by atoms with Crippen LogP contribution in [0.1, 0.15) is 25.7 Å². The van der Waals surface area contributed by atoms with E-state index in [1.165, 1.54) is 0 Å². The zero-order valence-corrected chi connectivity index (χ0v) is 14.6. The van der Waals surface area contributed by atoms with E-state index in [4.69, 9.17) is 23.7 Å². The molecule has 3 saturated heterocycles. The molecule has 1 aromatic carbocycles. The summed E-state index contributed by atoms with van der Waals surface area (Å²) in [5, 5.41) is 0. The minimum absolute atomic E-state index is 0.0366. The van der Waals surface area contributed by atoms with Gasteiger partial charge in [0.15, 0.2) is 18.4 Å². The summed E-state index contributed by atoms with van der Waals surface area (Å²) in [5.74, 6) is -0.635. The number of fused-ring (bicyclic) bond motifs is 3. The lowest BCUT2D eigenvalue weighted by atomic mass is 10.0. The van der Waals surface area contributed by atoms with Crippen LogP contribution in [0.4, 0.5) is 0 Å². The second-order valence-electron chi connectivity index (χ2n) is 6.24. The average Bonchev–Trinajstić information content (AvgIpc) is 2.99. The summed E-state index contributed by atoms with van der Waals surface area (Å²) in [7, 11) is 0. The van der Waals surface area contributed by atoms with Crippen LogP contribution in [0.15, 0.2) is 30.3 Å². The van der Waals surface area contributed by atoms with Gasteiger partial charge in [-0.25, -0.2) is 0 Å². The smallest absolute Gasteiger partial charge is 0.190 e. The average molecular weight is 418 g/mol. The molecule has 3 fully saturated rings. The molecular weight excluding hydrogens is 399 g/mol. The van der Waals surface area contributed by atoms with Crippen LogP contribution >= 0.6 is 22.6 Å². The second-order valence-corrected chi connectivity index (χ2v) is 7.12. The molecule has 3 aliphatic rings. The van der Waals surface area contributed by atoms with Crippen molar-refractivity contribution in [3.63, 3.8) is 0 Å². The molecule has 0 aliphatic carbocycles. The maximum atomic E-state index is 6.18. The Bertz CT molecular complexity index is 537. The minimum atomic E-state index is -0.635. The van der Waals surface area contributed by atoms with Crippen LogP contribution in [-0.4, -0.2) is 40.9 Å². The Balaban J connectivity index is 1.59. The molecule has 6 atom stereocenters. The van der Waals surface area contributed by atoms with Gasteiger partial charge in [-0.2, -0.15) is 0 Å². The molecule has 4 rings (SSSR count). The fourth-order valence-electron chi connectivity index (χ4n) is 3.26. The highest BCUT2D eigenvalue weighted by molar-refractivity contribution is 14.1. The quantitative estimate of drug-likeness (QED) is 0.546. The van der Waals surface area contributed by atoms with Crippen molar-refractivity contribution in [1.82, 2.24) is 0 Å². The number of hydrogen-bond donors (Lipinski definition) is 0. The Morgan fingerprint density at radius 2 is 1.73 bits per heavy atom. The maximum Gasteiger partial charge on any atom is 0.190 e. The molecule has 1 aromatic rings. The van der Waals surface area contributed by atoms with Crippen molar-refractivity contribution in [1.29, 1.82) is 0 Å². The van der Waals surface area contributed by atoms with E-state index in [9.17, 15) is 0 Å². The van der Waals surface area contributed by atoms with Crippen LogP contribution in [0.5, 0.6) is 0 Å². The zero-order valence-electron chi connectivity index (χ0n) is 12.5. The van der Waals surface area contributed by atoms with Crippen molar-refractivity contribution >= 4 is 22.6 Å². The fraction of sp³-hybridized carbons (Fsp3) is 0.625. The second kappa shape index (κ2) is 5.68. The molecule has 1 unspecified atom stereocenters. The molecule has 3 aliphatic heterocycles. The normalized spacial score (nSPS) is 42.9. The first-order valence-corrected chi connectivity index (χ1v) is 9.03. The summed E-state index contributed by atoms with van der Waals surface area (Å²) in [6, 6.07) is 9.98. The van der Waals surface area contributed by atoms with Crippen molar-refractivity contribution in [3.8, 4) is 0 Å². The molecule has 0 radical (unpaired) electrons. The fourth-order valence-corrected chi connectivity index (χ4v) is 3.97. The van der Waals surface area contributed by atoms with Gasteiger partial charge in [0.25, 0.3) is 0 Å². The van der Waals surface area contributed by atoms with Crippen LogP contribution in [0.2, 0.25) is 0 Å². The molecule has 6 heteroatoms. The highest BCUT2D eigenvalue weighted by atomic mass is 127. The van der Waals surface area contributed by atoms with Crippen molar-refractivity contribution in [2.24, 2.45) is 0 Å². The first-order valence-electron chi connectivity index (χ1n) is 7.50. The van der Waals surface area contributed by atoms with Crippen molar-refractivity contribution in [3.05, 3.63) is 35.9 Å². The van der Waals surface area contributed by atoms with Gasteiger partial charge >= 0.3 is 0 Å². The molecule has 0 amide bonds. The summed E-state index contributed by atoms with van der Waals surface area (Å²) < 4.78 is 30.9. The van der Waals surface area contributed by atoms with Gasteiger partial charge in [0, 0.05) is 9.99 Å². The van der Waals surface area contributed by atoms with Crippen LogP contribution in [0.25, 0.3) is 0 Å². The van der Waals surface area contributed by atoms with Gasteiger partial charge in [-0.1, -0.05) is 52.9 Å². The minimum Gasteiger partial charge on any atom is -0.341 e. The summed E-state index contributed by atoms with van der Waals surface area (Å²) in [6.07, 6.45) is -1.34. The van der Waals surface area contributed by atoms with Gasteiger partial charge in [-0.3, -0.25) is 0 Å². The van der Waals surface area contributed by atoms with Crippen LogP contribution in [0, 0.1) is 0 Å². The summed E-state index contributed by atoms with van der Waals surface area (Å²) in [6.45, 7) is 3.79. The molecule has 0 N–H and O–H groups in total. The first kappa shape index (κ1) is 15.3. The standard InChI is InChI=1S/C16H19IO5/c1-16(2)21-13-12-11(19-15(13)22-16)10(8-17)18-14(20-12)9-6-4-3-5-7-9/h3-7,10-15H,8H2,1-2H3/t10-,11+,12-,13+,14?,15+/m0/s1. The van der Waals surface area contributed by atoms with E-state index in [1.54, 1.807) is 0 Å². The number of rotatable bonds is 2. The lowest BCUT2D eigenvalue weighted by molar-refractivity contribution is -0.305. The van der Waals surface area contributed by atoms with Gasteiger partial charge in [0.2, 0.25) is 0 Å². The van der Waals surface area contributed by atoms with E-state index >= 15 is 0 Å². The molecule has 0 bridgehead atoms. The third-order valence-corrected chi connectivity index (χ3v) is 5.06. The van der Waals surface area contributed by atoms with Gasteiger partial charge in [0.1, 0.15) is 18.3 Å². The molecule has 0 aromatic heterocycles. The monoisotopic (exact) mass is 418 g/mol. The first-order chi connectivity index (χ1) is 10.6. The topological polar surface area (TPSA) is 46.2 Å². The number of ether oxygens (including phenoxy) is 5. The summed E-state index contributed by atoms with van der Waals surface area (Å²) in [4.78, 5) is 0. The number of benzene rings is 1. The maximum absolute atomic E-state index is 6.18. The van der Waals surface area contributed by atoms with E-state index in [0.717, 1.165) is 9.99 Å². The number of alkyl halides is 1. The molecule has 5 nitrogen and oxygen atoms in total. The number of halogens is 1. The van der Waals surface area contributed by atoms with E-state index < -0.39 is 12.1 Å². The third-order valence-electron chi connectivity index (χ3n) is 4.20. The van der Waals surface area contributed by atoms with Gasteiger partial charge in [0.05, 0.1) is 6.10 Å². The third kappa shape index (κ3) is 2.59. The lowest BCUT2D eigenvalue weighted by Gasteiger charge is -2.39. The zero-order chi connectivity index (χ0) is 15.3. The van der Waals surface area contributed by atoms with E-state index in [2.05, 4.69) is 22.6 Å². The highest BCUT2D eigenvalue weighted by Gasteiger charge is 2.59. The van der Waals surface area contributed by atoms with E-state index in [1.807, 2.05) is 44.2 Å². The number of hydrogen-bond acceptors (Lipinski definition) is 5. The van der Waals surface area contributed by atoms with Gasteiger partial charge in [-0.15, -0.1) is 0 Å². The van der Waals surface area contributed by atoms with Crippen LogP contribution < -0.4 is 0 Å². The van der Waals surface area contributed by atoms with Crippen molar-refractivity contribution < 1.29 is 23.7 Å². The molecule has 0 spiro atoms. The highest BCUT2D eigenvalue weighted by Crippen LogP contribution is 2.45. The Kier molecular flexibility index (Phi) is 3.95. The Labute approximate surface area is 143 Å². The van der Waals surface area contributed by atoms with Crippen molar-refractivity contribution in [2.45, 2.75) is 56.6 Å². The summed E-state index contributed by atoms with van der Waals surface area (Å²) in [5.41, 5.74) is 1.01. The molecule has 0 saturated carbocycles. The van der Waals surface area contributed by atoms with Crippen LogP contribution in [-0.2, 0) is 23.7 Å². The van der Waals surface area contributed by atoms with Gasteiger partial charge in [-0.05, 0) is 13.8 Å². The Morgan fingerprint density at radius 1 is 0.955 bits per heavy atom. The largest absolute Gasteiger partial charge is 0.341 e. The SMILES string of the molecule is CC1(C)O[C@H]2O[C@H]3[C@H](OC(c4ccccc4)O[C@H]3CI)[C@H]2O1. The molecular formula is C16H19IO5. The molecule has 3 heterocycles. The van der Waals surface area contributed by atoms with E-state index in [0.29, 0.717) is 0 Å². The predicted octanol–water partition coefficient (Wildman–Crippen LogP) is 2.78. The molecule has 22 heavy (non-hydrogen) atoms. The Morgan fingerprint density at radius 3 is 2.45 bits per heavy atom. The summed E-state index contributed by atoms with van der Waals surface area (Å²) >= 11 is 2.32. The van der Waals surface area contributed by atoms with Gasteiger partial charge < -0.3 is 23.7 Å². The van der Waals surface area contributed by atoms with E-state index in [-0.39, 0.29) is 30.7 Å². The van der Waals surface area contributed by atoms with Crippen molar-refractivity contribution in [2.75, 3.05) is 4.43 Å². The molecule has 120 valence electrons.